The van der Waals surface area contributed by atoms with Crippen molar-refractivity contribution < 1.29 is 24.5 Å². The van der Waals surface area contributed by atoms with Crippen molar-refractivity contribution in [2.45, 2.75) is 62.2 Å². The highest BCUT2D eigenvalue weighted by Crippen LogP contribution is 2.68. The third kappa shape index (κ3) is 2.50. The highest BCUT2D eigenvalue weighted by molar-refractivity contribution is 5.95. The van der Waals surface area contributed by atoms with Crippen LogP contribution in [0.15, 0.2) is 23.1 Å². The highest BCUT2D eigenvalue weighted by atomic mass is 16.5. The Morgan fingerprint density at radius 2 is 2.19 bits per heavy atom. The number of hydrogen-bond donors (Lipinski definition) is 3. The van der Waals surface area contributed by atoms with Crippen LogP contribution in [-0.4, -0.2) is 67.0 Å². The van der Waals surface area contributed by atoms with Crippen LogP contribution in [0.2, 0.25) is 0 Å². The van der Waals surface area contributed by atoms with E-state index in [1.165, 1.54) is 23.6 Å². The molecule has 1 spiro atoms. The molecule has 0 amide bonds. The van der Waals surface area contributed by atoms with Gasteiger partial charge in [0.05, 0.1) is 29.5 Å². The summed E-state index contributed by atoms with van der Waals surface area (Å²) in [6, 6.07) is 3.44. The Morgan fingerprint density at radius 1 is 1.35 bits per heavy atom. The number of phenolic OH excluding ortho intramolecular Hbond substituents is 1. The summed E-state index contributed by atoms with van der Waals surface area (Å²) in [5, 5.41) is 27.8. The number of aromatic hydroxyl groups is 1. The molecule has 4 atom stereocenters. The molecular formula is C27H28N4O6. The second kappa shape index (κ2) is 6.93. The number of aliphatic hydroxyl groups is 1. The number of H-pyrrole nitrogens is 1. The number of esters is 1. The Bertz CT molecular complexity index is 1570. The number of rotatable bonds is 4. The average Bonchev–Trinajstić information content (AvgIpc) is 3.46. The molecule has 3 N–H and O–H groups in total. The van der Waals surface area contributed by atoms with Crippen molar-refractivity contribution in [3.63, 3.8) is 0 Å². The molecule has 3 aromatic rings. The van der Waals surface area contributed by atoms with E-state index in [0.717, 1.165) is 24.2 Å². The minimum atomic E-state index is -1.26. The Morgan fingerprint density at radius 3 is 2.97 bits per heavy atom. The van der Waals surface area contributed by atoms with E-state index in [2.05, 4.69) is 15.0 Å². The van der Waals surface area contributed by atoms with Crippen LogP contribution in [0.4, 0.5) is 0 Å². The maximum Gasteiger partial charge on any atom is 0.343 e. The van der Waals surface area contributed by atoms with Crippen molar-refractivity contribution in [1.29, 1.82) is 0 Å². The number of nitrogens with zero attached hydrogens (tertiary/aromatic N) is 3. The Balaban J connectivity index is 1.38. The van der Waals surface area contributed by atoms with Crippen LogP contribution in [0, 0.1) is 5.92 Å². The van der Waals surface area contributed by atoms with Crippen molar-refractivity contribution in [2.24, 2.45) is 5.92 Å². The Labute approximate surface area is 211 Å². The number of carbonyl (C=O) groups is 1. The van der Waals surface area contributed by atoms with Gasteiger partial charge in [-0.3, -0.25) is 9.69 Å². The fourth-order valence-electron chi connectivity index (χ4n) is 7.76. The molecule has 10 heteroatoms. The van der Waals surface area contributed by atoms with E-state index in [1.807, 2.05) is 6.07 Å². The standard InChI is InChI=1S/C27H28N4O6/c1-2-36-25(34)16-11-28-31-23(16)29-20-15(24(31)33)10-27(35)18-9-14-5-6-17(32)21-19(14)26(27,22(20)37-21)7-8-30(18)12-13-3-4-13/h5-6,11,13,18,22,29,32,35H,2-4,7-10,12H2,1H3/t18-,22+,26+,27-/m1/s1. The van der Waals surface area contributed by atoms with E-state index in [9.17, 15) is 19.8 Å². The number of nitrogens with one attached hydrogen (secondary N) is 1. The molecule has 0 unspecified atom stereocenters. The number of hydrogen-bond acceptors (Lipinski definition) is 8. The summed E-state index contributed by atoms with van der Waals surface area (Å²) in [5.41, 5.74) is 0.825. The topological polar surface area (TPSA) is 129 Å². The summed E-state index contributed by atoms with van der Waals surface area (Å²) in [4.78, 5) is 32.1. The minimum absolute atomic E-state index is 0.0327. The molecule has 2 aromatic heterocycles. The van der Waals surface area contributed by atoms with Gasteiger partial charge in [-0.15, -0.1) is 0 Å². The maximum absolute atomic E-state index is 13.8. The molecule has 2 bridgehead atoms. The van der Waals surface area contributed by atoms with Crippen LogP contribution in [0.3, 0.4) is 0 Å². The number of likely N-dealkylation sites (tertiary alicyclic amines) is 1. The average molecular weight is 505 g/mol. The second-order valence-electron chi connectivity index (χ2n) is 11.3. The zero-order chi connectivity index (χ0) is 25.3. The molecule has 2 fully saturated rings. The number of phenols is 1. The van der Waals surface area contributed by atoms with E-state index >= 15 is 0 Å². The largest absolute Gasteiger partial charge is 0.504 e. The van der Waals surface area contributed by atoms with Crippen LogP contribution in [0.1, 0.15) is 65.0 Å². The zero-order valence-electron chi connectivity index (χ0n) is 20.5. The van der Waals surface area contributed by atoms with Gasteiger partial charge < -0.3 is 24.7 Å². The van der Waals surface area contributed by atoms with Gasteiger partial charge in [0.2, 0.25) is 0 Å². The van der Waals surface area contributed by atoms with Crippen LogP contribution >= 0.6 is 0 Å². The summed E-state index contributed by atoms with van der Waals surface area (Å²) in [6.07, 6.45) is 4.47. The lowest BCUT2D eigenvalue weighted by Gasteiger charge is -2.62. The quantitative estimate of drug-likeness (QED) is 0.457. The molecule has 5 aliphatic rings. The van der Waals surface area contributed by atoms with Gasteiger partial charge in [-0.25, -0.2) is 4.79 Å². The van der Waals surface area contributed by atoms with Gasteiger partial charge in [0.1, 0.15) is 5.56 Å². The lowest BCUT2D eigenvalue weighted by molar-refractivity contribution is -0.173. The summed E-state index contributed by atoms with van der Waals surface area (Å²) >= 11 is 0. The highest BCUT2D eigenvalue weighted by Gasteiger charge is 2.73. The van der Waals surface area contributed by atoms with E-state index in [0.29, 0.717) is 35.8 Å². The molecule has 3 aliphatic carbocycles. The predicted octanol–water partition coefficient (Wildman–Crippen LogP) is 1.60. The monoisotopic (exact) mass is 504 g/mol. The number of piperidine rings is 1. The molecule has 1 saturated carbocycles. The summed E-state index contributed by atoms with van der Waals surface area (Å²) in [5.74, 6) is 0.516. The number of aromatic nitrogens is 3. The van der Waals surface area contributed by atoms with Crippen molar-refractivity contribution >= 4 is 11.6 Å². The SMILES string of the molecule is CCOC(=O)c1cnn2c(=O)c3c([nH]c12)[C@@H]1Oc2c(O)ccc4c2[C@@]12CCN(CC1CC1)[C@H](C4)[C@]2(O)C3. The number of benzene rings is 1. The molecule has 8 rings (SSSR count). The van der Waals surface area contributed by atoms with Crippen LogP contribution < -0.4 is 10.3 Å². The van der Waals surface area contributed by atoms with Crippen molar-refractivity contribution in [3.8, 4) is 11.5 Å². The second-order valence-corrected chi connectivity index (χ2v) is 11.3. The first-order chi connectivity index (χ1) is 17.9. The van der Waals surface area contributed by atoms with Gasteiger partial charge in [0.25, 0.3) is 5.56 Å². The smallest absolute Gasteiger partial charge is 0.343 e. The van der Waals surface area contributed by atoms with Crippen LogP contribution in [0.25, 0.3) is 5.65 Å². The van der Waals surface area contributed by atoms with Crippen LogP contribution in [0.5, 0.6) is 11.5 Å². The summed E-state index contributed by atoms with van der Waals surface area (Å²) in [7, 11) is 0. The van der Waals surface area contributed by atoms with Crippen molar-refractivity contribution in [1.82, 2.24) is 19.5 Å². The lowest BCUT2D eigenvalue weighted by atomic mass is 9.49. The van der Waals surface area contributed by atoms with E-state index < -0.39 is 23.1 Å². The number of ether oxygens (including phenoxy) is 2. The molecule has 0 radical (unpaired) electrons. The number of carbonyl (C=O) groups excluding carboxylic acids is 1. The molecule has 1 saturated heterocycles. The lowest BCUT2D eigenvalue weighted by Crippen LogP contribution is -2.75. The third-order valence-corrected chi connectivity index (χ3v) is 9.52. The third-order valence-electron chi connectivity index (χ3n) is 9.52. The normalized spacial score (nSPS) is 31.1. The molecule has 1 aromatic carbocycles. The van der Waals surface area contributed by atoms with Gasteiger partial charge in [-0.1, -0.05) is 6.07 Å². The van der Waals surface area contributed by atoms with Crippen molar-refractivity contribution in [3.05, 3.63) is 56.6 Å². The fourth-order valence-corrected chi connectivity index (χ4v) is 7.76. The van der Waals surface area contributed by atoms with Crippen molar-refractivity contribution in [2.75, 3.05) is 19.7 Å². The summed E-state index contributed by atoms with van der Waals surface area (Å²) in [6.45, 7) is 3.67. The van der Waals surface area contributed by atoms with Gasteiger partial charge in [0, 0.05) is 30.1 Å². The van der Waals surface area contributed by atoms with Gasteiger partial charge >= 0.3 is 5.97 Å². The fraction of sp³-hybridized carbons (Fsp3) is 0.519. The first kappa shape index (κ1) is 21.7. The van der Waals surface area contributed by atoms with Gasteiger partial charge in [0.15, 0.2) is 23.3 Å². The Kier molecular flexibility index (Phi) is 4.06. The van der Waals surface area contributed by atoms with Gasteiger partial charge in [-0.05, 0) is 56.7 Å². The number of aromatic amines is 1. The van der Waals surface area contributed by atoms with Gasteiger partial charge in [-0.2, -0.15) is 9.61 Å². The minimum Gasteiger partial charge on any atom is -0.504 e. The van der Waals surface area contributed by atoms with E-state index in [1.54, 1.807) is 13.0 Å². The van der Waals surface area contributed by atoms with E-state index in [4.69, 9.17) is 9.47 Å². The molecule has 10 nitrogen and oxygen atoms in total. The maximum atomic E-state index is 13.8. The molecule has 37 heavy (non-hydrogen) atoms. The molecule has 2 aliphatic heterocycles. The van der Waals surface area contributed by atoms with E-state index in [-0.39, 0.29) is 41.6 Å². The number of fused-ring (bicyclic) bond motifs is 3. The Hall–Kier alpha value is -3.37. The molecule has 192 valence electrons. The first-order valence-electron chi connectivity index (χ1n) is 13.2. The summed E-state index contributed by atoms with van der Waals surface area (Å²) < 4.78 is 12.9. The van der Waals surface area contributed by atoms with Crippen LogP contribution in [-0.2, 0) is 23.0 Å². The molecular weight excluding hydrogens is 476 g/mol. The predicted molar refractivity (Wildman–Crippen MR) is 130 cm³/mol. The zero-order valence-corrected chi connectivity index (χ0v) is 20.5. The first-order valence-corrected chi connectivity index (χ1v) is 13.2. The molecule has 4 heterocycles.